The van der Waals surface area contributed by atoms with Crippen molar-refractivity contribution in [3.8, 4) is 0 Å². The molecule has 3 rings (SSSR count). The number of nitrogens with zero attached hydrogens (tertiary/aromatic N) is 2. The number of benzene rings is 2. The Hall–Kier alpha value is -2.91. The molecule has 2 N–H and O–H groups in total. The van der Waals surface area contributed by atoms with Crippen LogP contribution in [0.15, 0.2) is 48.5 Å². The number of carbonyl (C=O) groups is 2. The largest absolute Gasteiger partial charge is 0.417 e. The van der Waals surface area contributed by atoms with Crippen molar-refractivity contribution < 1.29 is 22.8 Å². The Morgan fingerprint density at radius 3 is 2.19 bits per heavy atom. The number of piperazine rings is 1. The zero-order chi connectivity index (χ0) is 22.4. The average Bonchev–Trinajstić information content (AvgIpc) is 2.75. The molecule has 31 heavy (non-hydrogen) atoms. The molecule has 1 saturated heterocycles. The predicted octanol–water partition coefficient (Wildman–Crippen LogP) is 2.93. The van der Waals surface area contributed by atoms with Gasteiger partial charge in [0.1, 0.15) is 0 Å². The van der Waals surface area contributed by atoms with Gasteiger partial charge in [0, 0.05) is 39.3 Å². The molecule has 0 bridgehead atoms. The van der Waals surface area contributed by atoms with Crippen LogP contribution in [0.5, 0.6) is 0 Å². The molecule has 0 spiro atoms. The van der Waals surface area contributed by atoms with E-state index in [1.165, 1.54) is 24.3 Å². The third kappa shape index (κ3) is 6.05. The zero-order valence-corrected chi connectivity index (χ0v) is 17.2. The number of nitrogens with one attached hydrogen (secondary N) is 2. The Labute approximate surface area is 179 Å². The standard InChI is InChI=1S/C22H25F3N4O2/c1-28-12-14-29(15-13-28)11-10-26-20(30)17-7-3-5-9-19(17)27-21(31)16-6-2-4-8-18(16)22(23,24)25/h2-9H,10-15H2,1H3,(H,26,30)(H,27,31). The summed E-state index contributed by atoms with van der Waals surface area (Å²) in [6.07, 6.45) is -4.66. The Bertz CT molecular complexity index is 925. The summed E-state index contributed by atoms with van der Waals surface area (Å²) in [7, 11) is 2.07. The lowest BCUT2D eigenvalue weighted by Crippen LogP contribution is -2.46. The number of carbonyl (C=O) groups excluding carboxylic acids is 2. The van der Waals surface area contributed by atoms with Crippen LogP contribution in [0.4, 0.5) is 18.9 Å². The van der Waals surface area contributed by atoms with E-state index < -0.39 is 29.1 Å². The van der Waals surface area contributed by atoms with Crippen LogP contribution in [-0.2, 0) is 6.18 Å². The van der Waals surface area contributed by atoms with Crippen LogP contribution < -0.4 is 10.6 Å². The lowest BCUT2D eigenvalue weighted by molar-refractivity contribution is -0.137. The SMILES string of the molecule is CN1CCN(CCNC(=O)c2ccccc2NC(=O)c2ccccc2C(F)(F)F)CC1. The molecule has 0 aliphatic carbocycles. The molecule has 6 nitrogen and oxygen atoms in total. The van der Waals surface area contributed by atoms with E-state index in [2.05, 4.69) is 27.5 Å². The van der Waals surface area contributed by atoms with Crippen LogP contribution in [0.1, 0.15) is 26.3 Å². The van der Waals surface area contributed by atoms with Crippen LogP contribution in [0.3, 0.4) is 0 Å². The van der Waals surface area contributed by atoms with E-state index in [4.69, 9.17) is 0 Å². The summed E-state index contributed by atoms with van der Waals surface area (Å²) >= 11 is 0. The molecule has 0 radical (unpaired) electrons. The van der Waals surface area contributed by atoms with Gasteiger partial charge in [-0.1, -0.05) is 24.3 Å². The minimum atomic E-state index is -4.66. The molecule has 1 heterocycles. The third-order valence-corrected chi connectivity index (χ3v) is 5.21. The first kappa shape index (κ1) is 22.8. The molecule has 1 aliphatic heterocycles. The van der Waals surface area contributed by atoms with Crippen LogP contribution in [0, 0.1) is 0 Å². The maximum atomic E-state index is 13.2. The summed E-state index contributed by atoms with van der Waals surface area (Å²) in [6.45, 7) is 4.94. The van der Waals surface area contributed by atoms with E-state index in [1.807, 2.05) is 0 Å². The fourth-order valence-electron chi connectivity index (χ4n) is 3.40. The summed E-state index contributed by atoms with van der Waals surface area (Å²) < 4.78 is 39.7. The van der Waals surface area contributed by atoms with E-state index in [-0.39, 0.29) is 11.3 Å². The smallest absolute Gasteiger partial charge is 0.351 e. The molecular weight excluding hydrogens is 409 g/mol. The first-order valence-electron chi connectivity index (χ1n) is 10.0. The van der Waals surface area contributed by atoms with Crippen molar-refractivity contribution in [3.05, 3.63) is 65.2 Å². The number of halogens is 3. The van der Waals surface area contributed by atoms with Gasteiger partial charge in [0.25, 0.3) is 11.8 Å². The highest BCUT2D eigenvalue weighted by atomic mass is 19.4. The van der Waals surface area contributed by atoms with Crippen molar-refractivity contribution in [2.75, 3.05) is 51.6 Å². The van der Waals surface area contributed by atoms with E-state index in [9.17, 15) is 22.8 Å². The number of amides is 2. The number of anilines is 1. The normalized spacial score (nSPS) is 15.5. The van der Waals surface area contributed by atoms with Crippen molar-refractivity contribution in [1.82, 2.24) is 15.1 Å². The molecule has 2 amide bonds. The average molecular weight is 434 g/mol. The van der Waals surface area contributed by atoms with Crippen molar-refractivity contribution in [2.24, 2.45) is 0 Å². The van der Waals surface area contributed by atoms with Gasteiger partial charge in [0.15, 0.2) is 0 Å². The summed E-state index contributed by atoms with van der Waals surface area (Å²) in [5, 5.41) is 5.27. The van der Waals surface area contributed by atoms with Gasteiger partial charge in [0.05, 0.1) is 22.4 Å². The van der Waals surface area contributed by atoms with E-state index in [0.29, 0.717) is 13.1 Å². The maximum absolute atomic E-state index is 13.2. The molecule has 2 aromatic rings. The molecular formula is C22H25F3N4O2. The molecule has 0 aromatic heterocycles. The van der Waals surface area contributed by atoms with Gasteiger partial charge in [-0.15, -0.1) is 0 Å². The lowest BCUT2D eigenvalue weighted by Gasteiger charge is -2.32. The zero-order valence-electron chi connectivity index (χ0n) is 17.2. The highest BCUT2D eigenvalue weighted by Gasteiger charge is 2.35. The Balaban J connectivity index is 1.65. The van der Waals surface area contributed by atoms with Gasteiger partial charge in [0.2, 0.25) is 0 Å². The van der Waals surface area contributed by atoms with Gasteiger partial charge >= 0.3 is 6.18 Å². The van der Waals surface area contributed by atoms with Gasteiger partial charge in [-0.3, -0.25) is 14.5 Å². The van der Waals surface area contributed by atoms with Crippen molar-refractivity contribution in [3.63, 3.8) is 0 Å². The number of para-hydroxylation sites is 1. The predicted molar refractivity (Wildman–Crippen MR) is 112 cm³/mol. The fourth-order valence-corrected chi connectivity index (χ4v) is 3.40. The second kappa shape index (κ2) is 9.93. The molecule has 2 aromatic carbocycles. The molecule has 1 aliphatic rings. The number of hydrogen-bond acceptors (Lipinski definition) is 4. The maximum Gasteiger partial charge on any atom is 0.417 e. The van der Waals surface area contributed by atoms with Crippen LogP contribution in [0.25, 0.3) is 0 Å². The van der Waals surface area contributed by atoms with Crippen LogP contribution in [-0.4, -0.2) is 67.9 Å². The fraction of sp³-hybridized carbons (Fsp3) is 0.364. The Morgan fingerprint density at radius 2 is 1.52 bits per heavy atom. The number of likely N-dealkylation sites (N-methyl/N-ethyl adjacent to an activating group) is 1. The van der Waals surface area contributed by atoms with E-state index >= 15 is 0 Å². The Kier molecular flexibility index (Phi) is 7.29. The third-order valence-electron chi connectivity index (χ3n) is 5.21. The second-order valence-electron chi connectivity index (χ2n) is 7.44. The van der Waals surface area contributed by atoms with Crippen molar-refractivity contribution in [2.45, 2.75) is 6.18 Å². The molecule has 0 saturated carbocycles. The number of hydrogen-bond donors (Lipinski definition) is 2. The summed E-state index contributed by atoms with van der Waals surface area (Å²) in [6, 6.07) is 10.8. The second-order valence-corrected chi connectivity index (χ2v) is 7.44. The van der Waals surface area contributed by atoms with Gasteiger partial charge in [-0.2, -0.15) is 13.2 Å². The van der Waals surface area contributed by atoms with Gasteiger partial charge in [-0.25, -0.2) is 0 Å². The van der Waals surface area contributed by atoms with Crippen molar-refractivity contribution >= 4 is 17.5 Å². The summed E-state index contributed by atoms with van der Waals surface area (Å²) in [5.74, 6) is -1.32. The first-order chi connectivity index (χ1) is 14.8. The van der Waals surface area contributed by atoms with Crippen molar-refractivity contribution in [1.29, 1.82) is 0 Å². The molecule has 9 heteroatoms. The van der Waals surface area contributed by atoms with Gasteiger partial charge < -0.3 is 15.5 Å². The van der Waals surface area contributed by atoms with Crippen LogP contribution in [0.2, 0.25) is 0 Å². The summed E-state index contributed by atoms with van der Waals surface area (Å²) in [5.41, 5.74) is -1.18. The molecule has 0 atom stereocenters. The monoisotopic (exact) mass is 434 g/mol. The molecule has 1 fully saturated rings. The first-order valence-corrected chi connectivity index (χ1v) is 10.0. The number of alkyl halides is 3. The quantitative estimate of drug-likeness (QED) is 0.734. The highest BCUT2D eigenvalue weighted by Crippen LogP contribution is 2.32. The number of rotatable bonds is 6. The minimum Gasteiger partial charge on any atom is -0.351 e. The summed E-state index contributed by atoms with van der Waals surface area (Å²) in [4.78, 5) is 29.7. The highest BCUT2D eigenvalue weighted by molar-refractivity contribution is 6.09. The van der Waals surface area contributed by atoms with E-state index in [0.717, 1.165) is 38.3 Å². The topological polar surface area (TPSA) is 64.7 Å². The molecule has 166 valence electrons. The Morgan fingerprint density at radius 1 is 0.903 bits per heavy atom. The van der Waals surface area contributed by atoms with Gasteiger partial charge in [-0.05, 0) is 31.3 Å². The lowest BCUT2D eigenvalue weighted by atomic mass is 10.1. The minimum absolute atomic E-state index is 0.154. The van der Waals surface area contributed by atoms with Crippen LogP contribution >= 0.6 is 0 Å². The molecule has 0 unspecified atom stereocenters. The van der Waals surface area contributed by atoms with E-state index in [1.54, 1.807) is 12.1 Å².